The number of unbranched alkanes of at least 4 members (excludes halogenated alkanes) is 1. The van der Waals surface area contributed by atoms with Crippen LogP contribution in [0.25, 0.3) is 10.9 Å². The van der Waals surface area contributed by atoms with E-state index in [1.54, 1.807) is 0 Å². The summed E-state index contributed by atoms with van der Waals surface area (Å²) >= 11 is 0. The molecule has 2 aliphatic heterocycles. The van der Waals surface area contributed by atoms with Gasteiger partial charge in [-0.1, -0.05) is 13.3 Å². The second-order valence-corrected chi connectivity index (χ2v) is 8.81. The molecule has 1 aromatic heterocycles. The highest BCUT2D eigenvalue weighted by Crippen LogP contribution is 2.32. The minimum absolute atomic E-state index is 0.00824. The summed E-state index contributed by atoms with van der Waals surface area (Å²) in [5, 5.41) is 7.01. The Kier molecular flexibility index (Phi) is 6.76. The average Bonchev–Trinajstić information content (AvgIpc) is 3.35. The van der Waals surface area contributed by atoms with Crippen LogP contribution in [-0.4, -0.2) is 48.2 Å². The van der Waals surface area contributed by atoms with Gasteiger partial charge in [0.25, 0.3) is 0 Å². The van der Waals surface area contributed by atoms with Crippen LogP contribution in [0.3, 0.4) is 0 Å². The van der Waals surface area contributed by atoms with Crippen LogP contribution in [0.5, 0.6) is 17.4 Å². The van der Waals surface area contributed by atoms with Gasteiger partial charge in [-0.15, -0.1) is 0 Å². The van der Waals surface area contributed by atoms with Crippen LogP contribution in [0.2, 0.25) is 0 Å². The molecule has 5 rings (SSSR count). The molecule has 1 atom stereocenters. The van der Waals surface area contributed by atoms with Gasteiger partial charge in [-0.3, -0.25) is 4.79 Å². The Hall–Kier alpha value is -3.39. The molecular weight excluding hydrogens is 430 g/mol. The first-order valence-electron chi connectivity index (χ1n) is 12.2. The third-order valence-corrected chi connectivity index (χ3v) is 6.23. The molecule has 0 spiro atoms. The number of nitrogens with zero attached hydrogens (tertiary/aromatic N) is 3. The number of aromatic nitrogens is 2. The number of ether oxygens (including phenoxy) is 2. The number of hydrogen-bond acceptors (Lipinski definition) is 7. The first-order chi connectivity index (χ1) is 16.7. The van der Waals surface area contributed by atoms with Crippen molar-refractivity contribution in [3.8, 4) is 17.4 Å². The van der Waals surface area contributed by atoms with Crippen LogP contribution in [-0.2, 0) is 4.79 Å². The number of hydrogen-bond donors (Lipinski definition) is 2. The Bertz CT molecular complexity index is 1140. The van der Waals surface area contributed by atoms with E-state index in [0.717, 1.165) is 67.9 Å². The van der Waals surface area contributed by atoms with Gasteiger partial charge in [0.15, 0.2) is 0 Å². The predicted molar refractivity (Wildman–Crippen MR) is 133 cm³/mol. The molecule has 2 aliphatic rings. The standard InChI is InChI=1S/C26H31N5O3/c1-2-3-16-33-25-21-17-20(11-12-22(21)29-26(30-25)31-14-5-15-31)34-19-9-7-18(8-10-19)28-24(32)23-6-4-13-27-23/h7-12,17,23,27H,2-6,13-16H2,1H3,(H,28,32)/t23-/m0/s1. The fraction of sp³-hybridized carbons (Fsp3) is 0.423. The number of amides is 1. The van der Waals surface area contributed by atoms with Crippen LogP contribution in [0.4, 0.5) is 11.6 Å². The first kappa shape index (κ1) is 22.4. The lowest BCUT2D eigenvalue weighted by atomic mass is 10.2. The summed E-state index contributed by atoms with van der Waals surface area (Å²) in [4.78, 5) is 23.9. The van der Waals surface area contributed by atoms with Gasteiger partial charge in [0, 0.05) is 18.8 Å². The maximum Gasteiger partial charge on any atom is 0.241 e. The normalized spacial score (nSPS) is 17.4. The monoisotopic (exact) mass is 461 g/mol. The predicted octanol–water partition coefficient (Wildman–Crippen LogP) is 4.50. The number of benzene rings is 2. The molecule has 2 aromatic carbocycles. The van der Waals surface area contributed by atoms with E-state index < -0.39 is 0 Å². The lowest BCUT2D eigenvalue weighted by molar-refractivity contribution is -0.117. The molecule has 8 heteroatoms. The van der Waals surface area contributed by atoms with Crippen molar-refractivity contribution >= 4 is 28.4 Å². The van der Waals surface area contributed by atoms with Gasteiger partial charge in [0.1, 0.15) is 11.5 Å². The molecule has 0 unspecified atom stereocenters. The summed E-state index contributed by atoms with van der Waals surface area (Å²) in [5.41, 5.74) is 1.59. The Morgan fingerprint density at radius 3 is 2.65 bits per heavy atom. The van der Waals surface area contributed by atoms with E-state index in [4.69, 9.17) is 19.4 Å². The van der Waals surface area contributed by atoms with E-state index in [-0.39, 0.29) is 11.9 Å². The van der Waals surface area contributed by atoms with Gasteiger partial charge < -0.3 is 25.0 Å². The maximum absolute atomic E-state index is 12.3. The van der Waals surface area contributed by atoms with Crippen LogP contribution >= 0.6 is 0 Å². The summed E-state index contributed by atoms with van der Waals surface area (Å²) < 4.78 is 12.1. The topological polar surface area (TPSA) is 88.6 Å². The quantitative estimate of drug-likeness (QED) is 0.454. The van der Waals surface area contributed by atoms with Gasteiger partial charge in [-0.2, -0.15) is 4.98 Å². The third-order valence-electron chi connectivity index (χ3n) is 6.23. The van der Waals surface area contributed by atoms with Crippen molar-refractivity contribution in [1.82, 2.24) is 15.3 Å². The lowest BCUT2D eigenvalue weighted by Crippen LogP contribution is -2.38. The zero-order chi connectivity index (χ0) is 23.3. The number of nitrogens with one attached hydrogen (secondary N) is 2. The van der Waals surface area contributed by atoms with Crippen molar-refractivity contribution < 1.29 is 14.3 Å². The molecule has 2 N–H and O–H groups in total. The first-order valence-corrected chi connectivity index (χ1v) is 12.2. The highest BCUT2D eigenvalue weighted by molar-refractivity contribution is 5.95. The zero-order valence-corrected chi connectivity index (χ0v) is 19.5. The molecule has 1 amide bonds. The van der Waals surface area contributed by atoms with E-state index >= 15 is 0 Å². The van der Waals surface area contributed by atoms with Crippen LogP contribution in [0, 0.1) is 0 Å². The summed E-state index contributed by atoms with van der Waals surface area (Å²) in [5.74, 6) is 2.70. The average molecular weight is 462 g/mol. The molecule has 0 saturated carbocycles. The van der Waals surface area contributed by atoms with Gasteiger partial charge in [0.2, 0.25) is 17.7 Å². The lowest BCUT2D eigenvalue weighted by Gasteiger charge is -2.31. The summed E-state index contributed by atoms with van der Waals surface area (Å²) in [7, 11) is 0. The number of carbonyl (C=O) groups is 1. The Labute approximate surface area is 199 Å². The number of fused-ring (bicyclic) bond motifs is 1. The smallest absolute Gasteiger partial charge is 0.241 e. The van der Waals surface area contributed by atoms with Gasteiger partial charge in [-0.25, -0.2) is 4.98 Å². The molecule has 2 fully saturated rings. The van der Waals surface area contributed by atoms with Gasteiger partial charge >= 0.3 is 0 Å². The van der Waals surface area contributed by atoms with Crippen molar-refractivity contribution in [3.63, 3.8) is 0 Å². The molecule has 0 radical (unpaired) electrons. The Balaban J connectivity index is 1.32. The van der Waals surface area contributed by atoms with Crippen molar-refractivity contribution in [3.05, 3.63) is 42.5 Å². The van der Waals surface area contributed by atoms with Crippen molar-refractivity contribution in [2.45, 2.75) is 45.1 Å². The van der Waals surface area contributed by atoms with Gasteiger partial charge in [0.05, 0.1) is 23.6 Å². The minimum Gasteiger partial charge on any atom is -0.477 e. The molecule has 3 heterocycles. The van der Waals surface area contributed by atoms with E-state index in [0.29, 0.717) is 24.0 Å². The summed E-state index contributed by atoms with van der Waals surface area (Å²) in [6.07, 6.45) is 5.11. The Morgan fingerprint density at radius 1 is 1.12 bits per heavy atom. The Morgan fingerprint density at radius 2 is 1.94 bits per heavy atom. The fourth-order valence-corrected chi connectivity index (χ4v) is 4.09. The van der Waals surface area contributed by atoms with E-state index in [1.807, 2.05) is 42.5 Å². The van der Waals surface area contributed by atoms with Crippen LogP contribution in [0.15, 0.2) is 42.5 Å². The van der Waals surface area contributed by atoms with Gasteiger partial charge in [-0.05, 0) is 74.7 Å². The second-order valence-electron chi connectivity index (χ2n) is 8.81. The maximum atomic E-state index is 12.3. The molecule has 3 aromatic rings. The number of rotatable bonds is 9. The molecule has 34 heavy (non-hydrogen) atoms. The number of anilines is 2. The number of carbonyl (C=O) groups excluding carboxylic acids is 1. The highest BCUT2D eigenvalue weighted by atomic mass is 16.5. The van der Waals surface area contributed by atoms with Crippen LogP contribution < -0.4 is 25.0 Å². The highest BCUT2D eigenvalue weighted by Gasteiger charge is 2.22. The van der Waals surface area contributed by atoms with Crippen LogP contribution in [0.1, 0.15) is 39.0 Å². The molecule has 8 nitrogen and oxygen atoms in total. The second kappa shape index (κ2) is 10.3. The molecule has 2 saturated heterocycles. The van der Waals surface area contributed by atoms with Crippen molar-refractivity contribution in [1.29, 1.82) is 0 Å². The largest absolute Gasteiger partial charge is 0.477 e. The van der Waals surface area contributed by atoms with E-state index in [1.165, 1.54) is 6.42 Å². The molecule has 0 bridgehead atoms. The van der Waals surface area contributed by atoms with Crippen molar-refractivity contribution in [2.75, 3.05) is 36.5 Å². The van der Waals surface area contributed by atoms with Crippen molar-refractivity contribution in [2.24, 2.45) is 0 Å². The summed E-state index contributed by atoms with van der Waals surface area (Å²) in [6.45, 7) is 5.62. The molecular formula is C26H31N5O3. The van der Waals surface area contributed by atoms with E-state index in [9.17, 15) is 4.79 Å². The SMILES string of the molecule is CCCCOc1nc(N2CCC2)nc2ccc(Oc3ccc(NC(=O)[C@@H]4CCCN4)cc3)cc12. The fourth-order valence-electron chi connectivity index (χ4n) is 4.09. The zero-order valence-electron chi connectivity index (χ0n) is 19.5. The minimum atomic E-state index is -0.105. The summed E-state index contributed by atoms with van der Waals surface area (Å²) in [6, 6.07) is 13.1. The third kappa shape index (κ3) is 5.07. The van der Waals surface area contributed by atoms with E-state index in [2.05, 4.69) is 22.5 Å². The molecule has 0 aliphatic carbocycles. The molecule has 178 valence electrons.